The molecule has 3 rings (SSSR count). The Morgan fingerprint density at radius 2 is 1.95 bits per heavy atom. The van der Waals surface area contributed by atoms with Crippen LogP contribution in [0.2, 0.25) is 0 Å². The summed E-state index contributed by atoms with van der Waals surface area (Å²) in [5, 5.41) is 4.52. The summed E-state index contributed by atoms with van der Waals surface area (Å²) in [5.41, 5.74) is 2.64. The highest BCUT2D eigenvalue weighted by molar-refractivity contribution is 7.09. The largest absolute Gasteiger partial charge is 0.469 e. The lowest BCUT2D eigenvalue weighted by Gasteiger charge is -2.14. The van der Waals surface area contributed by atoms with Gasteiger partial charge in [0, 0.05) is 12.3 Å². The lowest BCUT2D eigenvalue weighted by atomic mass is 9.92. The SMILES string of the molecule is Cc1ccc([C@H](CC[NH2+]Cc2cccs2)c2ccco2)cc1. The molecule has 2 heterocycles. The molecule has 0 amide bonds. The summed E-state index contributed by atoms with van der Waals surface area (Å²) in [6, 6.07) is 17.2. The van der Waals surface area contributed by atoms with Gasteiger partial charge in [0.1, 0.15) is 12.3 Å². The van der Waals surface area contributed by atoms with Crippen LogP contribution in [0.15, 0.2) is 64.6 Å². The average Bonchev–Trinajstić information content (AvgIpc) is 3.21. The van der Waals surface area contributed by atoms with E-state index in [1.54, 1.807) is 6.26 Å². The molecule has 1 aromatic carbocycles. The van der Waals surface area contributed by atoms with E-state index in [1.807, 2.05) is 17.4 Å². The monoisotopic (exact) mass is 312 g/mol. The minimum Gasteiger partial charge on any atom is -0.469 e. The van der Waals surface area contributed by atoms with Crippen LogP contribution in [0.4, 0.5) is 0 Å². The number of hydrogen-bond acceptors (Lipinski definition) is 2. The van der Waals surface area contributed by atoms with Crippen molar-refractivity contribution in [1.82, 2.24) is 0 Å². The minimum atomic E-state index is 0.343. The van der Waals surface area contributed by atoms with E-state index in [-0.39, 0.29) is 0 Å². The highest BCUT2D eigenvalue weighted by Gasteiger charge is 2.17. The summed E-state index contributed by atoms with van der Waals surface area (Å²) in [5.74, 6) is 1.41. The molecule has 2 nitrogen and oxygen atoms in total. The second-order valence-electron chi connectivity index (χ2n) is 5.63. The van der Waals surface area contributed by atoms with Crippen LogP contribution in [0, 0.1) is 6.92 Å². The van der Waals surface area contributed by atoms with Crippen LogP contribution in [0.3, 0.4) is 0 Å². The van der Waals surface area contributed by atoms with Crippen molar-refractivity contribution in [3.63, 3.8) is 0 Å². The van der Waals surface area contributed by atoms with Gasteiger partial charge in [0.15, 0.2) is 0 Å². The molecule has 114 valence electrons. The van der Waals surface area contributed by atoms with Crippen LogP contribution in [0.25, 0.3) is 0 Å². The van der Waals surface area contributed by atoms with Crippen molar-refractivity contribution < 1.29 is 9.73 Å². The molecule has 0 spiro atoms. The van der Waals surface area contributed by atoms with Gasteiger partial charge < -0.3 is 9.73 Å². The van der Waals surface area contributed by atoms with Crippen LogP contribution in [-0.4, -0.2) is 6.54 Å². The van der Waals surface area contributed by atoms with Crippen LogP contribution in [0.1, 0.15) is 34.1 Å². The molecular formula is C19H22NOS+. The van der Waals surface area contributed by atoms with Crippen molar-refractivity contribution in [3.05, 3.63) is 81.9 Å². The van der Waals surface area contributed by atoms with Crippen molar-refractivity contribution in [3.8, 4) is 0 Å². The smallest absolute Gasteiger partial charge is 0.111 e. The molecule has 0 aliphatic carbocycles. The van der Waals surface area contributed by atoms with Gasteiger partial charge in [-0.1, -0.05) is 35.9 Å². The van der Waals surface area contributed by atoms with Crippen molar-refractivity contribution >= 4 is 11.3 Å². The summed E-state index contributed by atoms with van der Waals surface area (Å²) in [6.07, 6.45) is 2.85. The van der Waals surface area contributed by atoms with E-state index in [2.05, 4.69) is 60.1 Å². The first kappa shape index (κ1) is 15.1. The molecule has 2 N–H and O–H groups in total. The van der Waals surface area contributed by atoms with E-state index in [4.69, 9.17) is 4.42 Å². The summed E-state index contributed by atoms with van der Waals surface area (Å²) in [7, 11) is 0. The summed E-state index contributed by atoms with van der Waals surface area (Å²) < 4.78 is 5.67. The highest BCUT2D eigenvalue weighted by Crippen LogP contribution is 2.27. The standard InChI is InChI=1S/C19H21NOS/c1-15-6-8-16(9-7-15)18(19-5-2-12-21-19)10-11-20-14-17-4-3-13-22-17/h2-9,12-13,18,20H,10-11,14H2,1H3/p+1/t18-/m0/s1. The molecule has 0 aliphatic heterocycles. The maximum atomic E-state index is 5.67. The minimum absolute atomic E-state index is 0.343. The fraction of sp³-hybridized carbons (Fsp3) is 0.263. The first-order valence-electron chi connectivity index (χ1n) is 7.77. The quantitative estimate of drug-likeness (QED) is 0.658. The predicted molar refractivity (Wildman–Crippen MR) is 91.2 cm³/mol. The molecular weight excluding hydrogens is 290 g/mol. The molecule has 3 aromatic rings. The molecule has 1 atom stereocenters. The summed E-state index contributed by atoms with van der Waals surface area (Å²) >= 11 is 1.83. The number of benzene rings is 1. The molecule has 3 heteroatoms. The lowest BCUT2D eigenvalue weighted by molar-refractivity contribution is -0.670. The average molecular weight is 312 g/mol. The van der Waals surface area contributed by atoms with E-state index in [0.717, 1.165) is 25.3 Å². The van der Waals surface area contributed by atoms with Crippen LogP contribution in [-0.2, 0) is 6.54 Å². The zero-order valence-corrected chi connectivity index (χ0v) is 13.7. The third-order valence-electron chi connectivity index (χ3n) is 3.95. The Hall–Kier alpha value is -1.84. The van der Waals surface area contributed by atoms with E-state index in [9.17, 15) is 0 Å². The molecule has 0 bridgehead atoms. The fourth-order valence-corrected chi connectivity index (χ4v) is 3.42. The zero-order chi connectivity index (χ0) is 15.2. The van der Waals surface area contributed by atoms with Gasteiger partial charge in [-0.2, -0.15) is 0 Å². The lowest BCUT2D eigenvalue weighted by Crippen LogP contribution is -2.82. The maximum Gasteiger partial charge on any atom is 0.111 e. The molecule has 0 fully saturated rings. The maximum absolute atomic E-state index is 5.67. The molecule has 22 heavy (non-hydrogen) atoms. The van der Waals surface area contributed by atoms with Crippen molar-refractivity contribution in [1.29, 1.82) is 0 Å². The van der Waals surface area contributed by atoms with Crippen molar-refractivity contribution in [2.75, 3.05) is 6.54 Å². The van der Waals surface area contributed by atoms with Gasteiger partial charge >= 0.3 is 0 Å². The second-order valence-corrected chi connectivity index (χ2v) is 6.66. The van der Waals surface area contributed by atoms with Crippen LogP contribution in [0.5, 0.6) is 0 Å². The number of aryl methyl sites for hydroxylation is 1. The van der Waals surface area contributed by atoms with Crippen LogP contribution >= 0.6 is 11.3 Å². The number of furan rings is 1. The number of nitrogens with two attached hydrogens (primary N) is 1. The normalized spacial score (nSPS) is 12.4. The first-order valence-corrected chi connectivity index (χ1v) is 8.65. The molecule has 2 aromatic heterocycles. The van der Waals surface area contributed by atoms with Crippen molar-refractivity contribution in [2.24, 2.45) is 0 Å². The van der Waals surface area contributed by atoms with E-state index < -0.39 is 0 Å². The van der Waals surface area contributed by atoms with E-state index in [1.165, 1.54) is 16.0 Å². The molecule has 0 saturated carbocycles. The van der Waals surface area contributed by atoms with Crippen molar-refractivity contribution in [2.45, 2.75) is 25.8 Å². The van der Waals surface area contributed by atoms with Gasteiger partial charge in [-0.15, -0.1) is 11.3 Å². The van der Waals surface area contributed by atoms with E-state index in [0.29, 0.717) is 5.92 Å². The Morgan fingerprint density at radius 1 is 1.09 bits per heavy atom. The number of quaternary nitrogens is 1. The Balaban J connectivity index is 1.63. The first-order chi connectivity index (χ1) is 10.8. The van der Waals surface area contributed by atoms with Gasteiger partial charge in [0.25, 0.3) is 0 Å². The predicted octanol–water partition coefficient (Wildman–Crippen LogP) is 3.94. The summed E-state index contributed by atoms with van der Waals surface area (Å²) in [4.78, 5) is 1.44. The van der Waals surface area contributed by atoms with Gasteiger partial charge in [-0.3, -0.25) is 0 Å². The molecule has 0 unspecified atom stereocenters. The van der Waals surface area contributed by atoms with Gasteiger partial charge in [0.05, 0.1) is 17.7 Å². The van der Waals surface area contributed by atoms with Gasteiger partial charge in [0.2, 0.25) is 0 Å². The van der Waals surface area contributed by atoms with E-state index >= 15 is 0 Å². The Bertz CT molecular complexity index is 656. The highest BCUT2D eigenvalue weighted by atomic mass is 32.1. The Kier molecular flexibility index (Phi) is 5.09. The second kappa shape index (κ2) is 7.43. The number of thiophene rings is 1. The Morgan fingerprint density at radius 3 is 2.64 bits per heavy atom. The molecule has 0 aliphatic rings. The fourth-order valence-electron chi connectivity index (χ4n) is 2.72. The Labute approximate surface area is 135 Å². The molecule has 0 saturated heterocycles. The zero-order valence-electron chi connectivity index (χ0n) is 12.9. The number of rotatable bonds is 7. The molecule has 0 radical (unpaired) electrons. The summed E-state index contributed by atoms with van der Waals surface area (Å²) in [6.45, 7) is 4.29. The van der Waals surface area contributed by atoms with Crippen LogP contribution < -0.4 is 5.32 Å². The topological polar surface area (TPSA) is 29.8 Å². The van der Waals surface area contributed by atoms with Gasteiger partial charge in [-0.25, -0.2) is 0 Å². The third kappa shape index (κ3) is 3.87. The van der Waals surface area contributed by atoms with Gasteiger partial charge in [-0.05, 0) is 36.1 Å². The number of hydrogen-bond donors (Lipinski definition) is 1. The third-order valence-corrected chi connectivity index (χ3v) is 4.85.